The van der Waals surface area contributed by atoms with Gasteiger partial charge in [0.1, 0.15) is 10.9 Å². The van der Waals surface area contributed by atoms with Crippen LogP contribution in [0.4, 0.5) is 0 Å². The van der Waals surface area contributed by atoms with Crippen LogP contribution in [0, 0.1) is 0 Å². The molecule has 4 aromatic rings. The summed E-state index contributed by atoms with van der Waals surface area (Å²) in [4.78, 5) is 27.4. The number of hydrogen-bond donors (Lipinski definition) is 0. The first-order valence-corrected chi connectivity index (χ1v) is 9.51. The summed E-state index contributed by atoms with van der Waals surface area (Å²) >= 11 is 0. The summed E-state index contributed by atoms with van der Waals surface area (Å²) in [7, 11) is 1.65. The molecule has 1 unspecified atom stereocenters. The quantitative estimate of drug-likeness (QED) is 0.528. The molecule has 8 nitrogen and oxygen atoms in total. The summed E-state index contributed by atoms with van der Waals surface area (Å²) in [6, 6.07) is 7.67. The average Bonchev–Trinajstić information content (AvgIpc) is 3.33. The Hall–Kier alpha value is -2.84. The maximum absolute atomic E-state index is 13.3. The van der Waals surface area contributed by atoms with Crippen LogP contribution >= 0.6 is 0 Å². The number of para-hydroxylation sites is 2. The third-order valence-corrected chi connectivity index (χ3v) is 5.26. The summed E-state index contributed by atoms with van der Waals surface area (Å²) < 4.78 is 14.5. The molecule has 5 rings (SSSR count). The lowest BCUT2D eigenvalue weighted by Gasteiger charge is -2.11. The fourth-order valence-electron chi connectivity index (χ4n) is 3.87. The Balaban J connectivity index is 1.77. The molecule has 1 fully saturated rings. The van der Waals surface area contributed by atoms with Crippen LogP contribution in [-0.4, -0.2) is 50.5 Å². The molecular formula is C20H21N5O3. The maximum atomic E-state index is 13.3. The van der Waals surface area contributed by atoms with E-state index in [0.717, 1.165) is 30.5 Å². The van der Waals surface area contributed by atoms with Crippen molar-refractivity contribution in [3.05, 3.63) is 40.9 Å². The number of methoxy groups -OCH3 is 1. The molecule has 0 spiro atoms. The minimum atomic E-state index is -0.105. The van der Waals surface area contributed by atoms with E-state index in [1.165, 1.54) is 0 Å². The molecule has 0 amide bonds. The second-order valence-corrected chi connectivity index (χ2v) is 7.06. The molecule has 144 valence electrons. The van der Waals surface area contributed by atoms with Crippen molar-refractivity contribution < 1.29 is 9.47 Å². The van der Waals surface area contributed by atoms with Crippen molar-refractivity contribution in [2.24, 2.45) is 0 Å². The fourth-order valence-corrected chi connectivity index (χ4v) is 3.87. The Morgan fingerprint density at radius 1 is 1.21 bits per heavy atom. The summed E-state index contributed by atoms with van der Waals surface area (Å²) in [5, 5.41) is 0.504. The zero-order valence-corrected chi connectivity index (χ0v) is 15.7. The van der Waals surface area contributed by atoms with Gasteiger partial charge in [-0.1, -0.05) is 12.1 Å². The molecule has 8 heteroatoms. The van der Waals surface area contributed by atoms with E-state index in [4.69, 9.17) is 19.4 Å². The van der Waals surface area contributed by atoms with Gasteiger partial charge in [-0.05, 0) is 25.0 Å². The predicted molar refractivity (Wildman–Crippen MR) is 105 cm³/mol. The van der Waals surface area contributed by atoms with Crippen LogP contribution in [0.2, 0.25) is 0 Å². The van der Waals surface area contributed by atoms with Crippen molar-refractivity contribution >= 4 is 33.2 Å². The predicted octanol–water partition coefficient (Wildman–Crippen LogP) is 2.12. The smallest absolute Gasteiger partial charge is 0.265 e. The lowest BCUT2D eigenvalue weighted by molar-refractivity contribution is 0.0960. The number of fused-ring (bicyclic) bond motifs is 4. The van der Waals surface area contributed by atoms with Crippen molar-refractivity contribution in [2.75, 3.05) is 20.3 Å². The Bertz CT molecular complexity index is 1220. The molecule has 0 radical (unpaired) electrons. The Kier molecular flexibility index (Phi) is 4.29. The highest BCUT2D eigenvalue weighted by Gasteiger charge is 2.22. The summed E-state index contributed by atoms with van der Waals surface area (Å²) in [5.41, 5.74) is 3.28. The molecule has 1 saturated heterocycles. The van der Waals surface area contributed by atoms with Gasteiger partial charge in [-0.25, -0.2) is 15.0 Å². The van der Waals surface area contributed by atoms with Gasteiger partial charge >= 0.3 is 0 Å². The molecule has 0 N–H and O–H groups in total. The first-order valence-electron chi connectivity index (χ1n) is 9.51. The summed E-state index contributed by atoms with van der Waals surface area (Å²) in [6.07, 6.45) is 3.66. The van der Waals surface area contributed by atoms with Gasteiger partial charge in [-0.2, -0.15) is 0 Å². The molecule has 28 heavy (non-hydrogen) atoms. The number of aromatic nitrogens is 5. The van der Waals surface area contributed by atoms with E-state index in [-0.39, 0.29) is 11.7 Å². The lowest BCUT2D eigenvalue weighted by Crippen LogP contribution is -2.26. The van der Waals surface area contributed by atoms with Crippen LogP contribution < -0.4 is 5.56 Å². The van der Waals surface area contributed by atoms with Crippen LogP contribution in [0.5, 0.6) is 0 Å². The van der Waals surface area contributed by atoms with Gasteiger partial charge in [0.2, 0.25) is 0 Å². The minimum absolute atomic E-state index is 0.0608. The molecule has 3 aromatic heterocycles. The fraction of sp³-hybridized carbons (Fsp3) is 0.400. The van der Waals surface area contributed by atoms with E-state index in [2.05, 4.69) is 4.98 Å². The summed E-state index contributed by atoms with van der Waals surface area (Å²) in [6.45, 7) is 2.30. The van der Waals surface area contributed by atoms with Crippen LogP contribution in [0.25, 0.3) is 33.2 Å². The topological polar surface area (TPSA) is 84.1 Å². The number of ether oxygens (including phenoxy) is 2. The van der Waals surface area contributed by atoms with Gasteiger partial charge in [-0.3, -0.25) is 9.36 Å². The average molecular weight is 379 g/mol. The molecule has 0 bridgehead atoms. The molecular weight excluding hydrogens is 358 g/mol. The van der Waals surface area contributed by atoms with Crippen molar-refractivity contribution in [1.29, 1.82) is 0 Å². The molecule has 1 aliphatic rings. The van der Waals surface area contributed by atoms with Gasteiger partial charge < -0.3 is 14.0 Å². The molecule has 4 heterocycles. The number of rotatable bonds is 5. The Morgan fingerprint density at radius 3 is 2.79 bits per heavy atom. The van der Waals surface area contributed by atoms with Crippen molar-refractivity contribution in [2.45, 2.75) is 32.0 Å². The molecule has 0 aliphatic carbocycles. The normalized spacial score (nSPS) is 17.2. The Morgan fingerprint density at radius 2 is 2.04 bits per heavy atom. The lowest BCUT2D eigenvalue weighted by atomic mass is 10.2. The van der Waals surface area contributed by atoms with Gasteiger partial charge in [0.05, 0.1) is 36.6 Å². The van der Waals surface area contributed by atoms with E-state index in [0.29, 0.717) is 41.9 Å². The minimum Gasteiger partial charge on any atom is -0.383 e. The summed E-state index contributed by atoms with van der Waals surface area (Å²) in [5.74, 6) is 0. The first kappa shape index (κ1) is 17.3. The van der Waals surface area contributed by atoms with Gasteiger partial charge in [0.15, 0.2) is 11.3 Å². The van der Waals surface area contributed by atoms with E-state index in [1.54, 1.807) is 18.0 Å². The van der Waals surface area contributed by atoms with E-state index in [1.807, 2.05) is 28.8 Å². The monoisotopic (exact) mass is 379 g/mol. The zero-order valence-electron chi connectivity index (χ0n) is 15.7. The second-order valence-electron chi connectivity index (χ2n) is 7.06. The van der Waals surface area contributed by atoms with E-state index < -0.39 is 0 Å². The van der Waals surface area contributed by atoms with Crippen molar-refractivity contribution in [1.82, 2.24) is 24.1 Å². The highest BCUT2D eigenvalue weighted by Crippen LogP contribution is 2.25. The van der Waals surface area contributed by atoms with Crippen LogP contribution in [-0.2, 0) is 22.6 Å². The number of nitrogens with zero attached hydrogens (tertiary/aromatic N) is 5. The van der Waals surface area contributed by atoms with Crippen LogP contribution in [0.3, 0.4) is 0 Å². The van der Waals surface area contributed by atoms with Gasteiger partial charge in [0, 0.05) is 20.3 Å². The van der Waals surface area contributed by atoms with Gasteiger partial charge in [-0.15, -0.1) is 0 Å². The molecule has 0 saturated carbocycles. The van der Waals surface area contributed by atoms with Crippen LogP contribution in [0.1, 0.15) is 12.8 Å². The zero-order chi connectivity index (χ0) is 19.1. The van der Waals surface area contributed by atoms with E-state index in [9.17, 15) is 4.79 Å². The molecule has 1 aliphatic heterocycles. The molecule has 1 atom stereocenters. The third kappa shape index (κ3) is 2.76. The van der Waals surface area contributed by atoms with Gasteiger partial charge in [0.25, 0.3) is 5.56 Å². The highest BCUT2D eigenvalue weighted by atomic mass is 16.5. The SMILES string of the molecule is COCCn1c2nc3ccccc3nc2c2c(=O)n(CC3CCCO3)cnc21. The van der Waals surface area contributed by atoms with E-state index >= 15 is 0 Å². The first-order chi connectivity index (χ1) is 13.8. The molecule has 1 aromatic carbocycles. The van der Waals surface area contributed by atoms with Crippen molar-refractivity contribution in [3.8, 4) is 0 Å². The highest BCUT2D eigenvalue weighted by molar-refractivity contribution is 6.04. The maximum Gasteiger partial charge on any atom is 0.265 e. The third-order valence-electron chi connectivity index (χ3n) is 5.26. The largest absolute Gasteiger partial charge is 0.383 e. The standard InChI is InChI=1S/C20H21N5O3/c1-27-10-8-25-18-16(17-19(25)23-15-7-3-2-6-14(15)22-17)20(26)24(12-21-18)11-13-5-4-9-28-13/h2-3,6-7,12-13H,4-5,8-11H2,1H3. The number of hydrogen-bond acceptors (Lipinski definition) is 6. The van der Waals surface area contributed by atoms with Crippen LogP contribution in [0.15, 0.2) is 35.4 Å². The second kappa shape index (κ2) is 6.96. The van der Waals surface area contributed by atoms with Crippen molar-refractivity contribution in [3.63, 3.8) is 0 Å². The Labute approximate surface area is 160 Å². The number of benzene rings is 1.